The molecule has 7 heteroatoms. The Morgan fingerprint density at radius 3 is 2.39 bits per heavy atom. The summed E-state index contributed by atoms with van der Waals surface area (Å²) < 4.78 is 5.18. The van der Waals surface area contributed by atoms with Crippen LogP contribution in [0.25, 0.3) is 16.7 Å². The molecule has 6 nitrogen and oxygen atoms in total. The van der Waals surface area contributed by atoms with Gasteiger partial charge in [0.2, 0.25) is 0 Å². The van der Waals surface area contributed by atoms with Crippen LogP contribution in [0.15, 0.2) is 60.7 Å². The molecule has 0 aliphatic carbocycles. The summed E-state index contributed by atoms with van der Waals surface area (Å²) in [6.45, 7) is 1.91. The molecule has 28 heavy (non-hydrogen) atoms. The van der Waals surface area contributed by atoms with Gasteiger partial charge in [-0.1, -0.05) is 23.7 Å². The molecule has 0 fully saturated rings. The van der Waals surface area contributed by atoms with Crippen molar-refractivity contribution in [3.8, 4) is 11.4 Å². The molecule has 4 rings (SSSR count). The maximum Gasteiger partial charge on any atom is 0.257 e. The summed E-state index contributed by atoms with van der Waals surface area (Å²) in [6, 6.07) is 18.1. The topological polar surface area (TPSA) is 69.0 Å². The van der Waals surface area contributed by atoms with Gasteiger partial charge in [0.15, 0.2) is 0 Å². The highest BCUT2D eigenvalue weighted by Gasteiger charge is 2.13. The number of benzene rings is 3. The van der Waals surface area contributed by atoms with Crippen molar-refractivity contribution in [2.45, 2.75) is 6.92 Å². The summed E-state index contributed by atoms with van der Waals surface area (Å²) in [7, 11) is 1.62. The number of rotatable bonds is 4. The molecule has 0 atom stereocenters. The second-order valence-corrected chi connectivity index (χ2v) is 6.68. The minimum Gasteiger partial charge on any atom is -0.497 e. The number of amides is 1. The van der Waals surface area contributed by atoms with Gasteiger partial charge in [-0.3, -0.25) is 4.79 Å². The molecule has 0 saturated carbocycles. The Hall–Kier alpha value is -3.38. The maximum absolute atomic E-state index is 12.6. The van der Waals surface area contributed by atoms with E-state index < -0.39 is 0 Å². The number of fused-ring (bicyclic) bond motifs is 1. The lowest BCUT2D eigenvalue weighted by Crippen LogP contribution is -2.13. The van der Waals surface area contributed by atoms with E-state index in [1.54, 1.807) is 36.2 Å². The zero-order valence-electron chi connectivity index (χ0n) is 15.3. The predicted octanol–water partition coefficient (Wildman–Crippen LogP) is 4.64. The predicted molar refractivity (Wildman–Crippen MR) is 110 cm³/mol. The monoisotopic (exact) mass is 392 g/mol. The minimum absolute atomic E-state index is 0.268. The number of hydrogen-bond donors (Lipinski definition) is 1. The maximum atomic E-state index is 12.6. The van der Waals surface area contributed by atoms with Gasteiger partial charge in [0, 0.05) is 5.69 Å². The van der Waals surface area contributed by atoms with Gasteiger partial charge >= 0.3 is 0 Å². The summed E-state index contributed by atoms with van der Waals surface area (Å²) in [5.74, 6) is 0.497. The number of methoxy groups -OCH3 is 1. The van der Waals surface area contributed by atoms with Crippen LogP contribution in [0, 0.1) is 6.92 Å². The lowest BCUT2D eigenvalue weighted by atomic mass is 10.1. The van der Waals surface area contributed by atoms with Crippen molar-refractivity contribution >= 4 is 34.2 Å². The molecule has 3 aromatic carbocycles. The average Bonchev–Trinajstić information content (AvgIpc) is 3.11. The largest absolute Gasteiger partial charge is 0.497 e. The van der Waals surface area contributed by atoms with E-state index in [1.165, 1.54) is 0 Å². The van der Waals surface area contributed by atoms with Crippen LogP contribution in [0.3, 0.4) is 0 Å². The number of nitrogens with zero attached hydrogens (tertiary/aromatic N) is 3. The van der Waals surface area contributed by atoms with Gasteiger partial charge in [0.1, 0.15) is 16.8 Å². The van der Waals surface area contributed by atoms with E-state index in [4.69, 9.17) is 16.3 Å². The second kappa shape index (κ2) is 7.32. The highest BCUT2D eigenvalue weighted by atomic mass is 35.5. The zero-order chi connectivity index (χ0) is 19.7. The van der Waals surface area contributed by atoms with Gasteiger partial charge in [0.05, 0.1) is 23.4 Å². The number of anilines is 1. The highest BCUT2D eigenvalue weighted by molar-refractivity contribution is 6.34. The molecule has 0 bridgehead atoms. The Kier molecular flexibility index (Phi) is 4.71. The molecule has 0 saturated heterocycles. The highest BCUT2D eigenvalue weighted by Crippen LogP contribution is 2.24. The first-order chi connectivity index (χ1) is 13.5. The van der Waals surface area contributed by atoms with Crippen molar-refractivity contribution in [1.82, 2.24) is 15.0 Å². The number of ether oxygens (including phenoxy) is 1. The van der Waals surface area contributed by atoms with Crippen molar-refractivity contribution in [1.29, 1.82) is 0 Å². The van der Waals surface area contributed by atoms with Crippen LogP contribution in [-0.4, -0.2) is 28.0 Å². The van der Waals surface area contributed by atoms with Gasteiger partial charge in [0.25, 0.3) is 5.91 Å². The van der Waals surface area contributed by atoms with E-state index in [0.717, 1.165) is 22.5 Å². The summed E-state index contributed by atoms with van der Waals surface area (Å²) >= 11 is 6.12. The fourth-order valence-corrected chi connectivity index (χ4v) is 3.09. The Balaban J connectivity index is 1.66. The summed E-state index contributed by atoms with van der Waals surface area (Å²) in [5.41, 5.74) is 4.20. The van der Waals surface area contributed by atoms with Gasteiger partial charge in [-0.05, 0) is 61.0 Å². The van der Waals surface area contributed by atoms with E-state index >= 15 is 0 Å². The zero-order valence-corrected chi connectivity index (χ0v) is 16.1. The van der Waals surface area contributed by atoms with Gasteiger partial charge in [-0.2, -0.15) is 4.80 Å². The average molecular weight is 393 g/mol. The van der Waals surface area contributed by atoms with Gasteiger partial charge in [-0.25, -0.2) is 0 Å². The lowest BCUT2D eigenvalue weighted by molar-refractivity contribution is 0.102. The first-order valence-corrected chi connectivity index (χ1v) is 9.01. The van der Waals surface area contributed by atoms with Crippen LogP contribution in [-0.2, 0) is 0 Å². The number of halogens is 1. The number of carbonyl (C=O) groups is 1. The van der Waals surface area contributed by atoms with Crippen LogP contribution >= 0.6 is 11.6 Å². The van der Waals surface area contributed by atoms with E-state index in [-0.39, 0.29) is 5.91 Å². The summed E-state index contributed by atoms with van der Waals surface area (Å²) in [5, 5.41) is 12.4. The van der Waals surface area contributed by atoms with Crippen LogP contribution < -0.4 is 10.1 Å². The van der Waals surface area contributed by atoms with Gasteiger partial charge in [-0.15, -0.1) is 10.2 Å². The van der Waals surface area contributed by atoms with Crippen molar-refractivity contribution in [3.05, 3.63) is 76.8 Å². The Labute approximate surface area is 166 Å². The molecule has 0 aliphatic heterocycles. The number of aromatic nitrogens is 3. The summed E-state index contributed by atoms with van der Waals surface area (Å²) in [4.78, 5) is 14.1. The normalized spacial score (nSPS) is 10.8. The number of carbonyl (C=O) groups excluding carboxylic acids is 1. The Morgan fingerprint density at radius 1 is 1.04 bits per heavy atom. The third-order valence-corrected chi connectivity index (χ3v) is 4.73. The third-order valence-electron chi connectivity index (χ3n) is 4.40. The first kappa shape index (κ1) is 18.0. The second-order valence-electron chi connectivity index (χ2n) is 6.28. The van der Waals surface area contributed by atoms with E-state index in [2.05, 4.69) is 15.5 Å². The van der Waals surface area contributed by atoms with Crippen LogP contribution in [0.1, 0.15) is 15.9 Å². The smallest absolute Gasteiger partial charge is 0.257 e. The molecule has 0 unspecified atom stereocenters. The molecule has 0 spiro atoms. The Bertz CT molecular complexity index is 1170. The van der Waals surface area contributed by atoms with E-state index in [0.29, 0.717) is 21.8 Å². The third kappa shape index (κ3) is 3.42. The van der Waals surface area contributed by atoms with E-state index in [9.17, 15) is 4.79 Å². The van der Waals surface area contributed by atoms with Crippen LogP contribution in [0.2, 0.25) is 5.02 Å². The fourth-order valence-electron chi connectivity index (χ4n) is 2.87. The molecule has 4 aromatic rings. The molecule has 1 amide bonds. The first-order valence-electron chi connectivity index (χ1n) is 8.63. The standard InChI is InChI=1S/C21H17ClN4O2/c1-13-11-19-20(25-26(24-19)14-7-9-15(28-2)10-8-14)12-18(13)23-21(27)16-5-3-4-6-17(16)22/h3-12H,1-2H3,(H,23,27). The molecule has 140 valence electrons. The molecule has 0 radical (unpaired) electrons. The summed E-state index contributed by atoms with van der Waals surface area (Å²) in [6.07, 6.45) is 0. The van der Waals surface area contributed by atoms with E-state index in [1.807, 2.05) is 43.3 Å². The number of hydrogen-bond acceptors (Lipinski definition) is 4. The lowest BCUT2D eigenvalue weighted by Gasteiger charge is -2.09. The van der Waals surface area contributed by atoms with Gasteiger partial charge < -0.3 is 10.1 Å². The quantitative estimate of drug-likeness (QED) is 0.549. The van der Waals surface area contributed by atoms with Crippen LogP contribution in [0.4, 0.5) is 5.69 Å². The Morgan fingerprint density at radius 2 is 1.71 bits per heavy atom. The van der Waals surface area contributed by atoms with Crippen LogP contribution in [0.5, 0.6) is 5.75 Å². The van der Waals surface area contributed by atoms with Crippen molar-refractivity contribution in [3.63, 3.8) is 0 Å². The number of nitrogens with one attached hydrogen (secondary N) is 1. The molecule has 0 aliphatic rings. The van der Waals surface area contributed by atoms with Crippen molar-refractivity contribution in [2.75, 3.05) is 12.4 Å². The number of aryl methyl sites for hydroxylation is 1. The molecule has 1 heterocycles. The SMILES string of the molecule is COc1ccc(-n2nc3cc(C)c(NC(=O)c4ccccc4Cl)cc3n2)cc1. The molecule has 1 aromatic heterocycles. The van der Waals surface area contributed by atoms with Crippen molar-refractivity contribution in [2.24, 2.45) is 0 Å². The fraction of sp³-hybridized carbons (Fsp3) is 0.0952. The van der Waals surface area contributed by atoms with Crippen molar-refractivity contribution < 1.29 is 9.53 Å². The molecular weight excluding hydrogens is 376 g/mol. The minimum atomic E-state index is -0.268. The molecular formula is C21H17ClN4O2. The molecule has 1 N–H and O–H groups in total.